The van der Waals surface area contributed by atoms with Gasteiger partial charge in [0.25, 0.3) is 0 Å². The molecule has 1 unspecified atom stereocenters. The average molecular weight is 223 g/mol. The lowest BCUT2D eigenvalue weighted by Gasteiger charge is -2.27. The fourth-order valence-corrected chi connectivity index (χ4v) is 2.06. The predicted octanol–water partition coefficient (Wildman–Crippen LogP) is 2.96. The molecule has 0 saturated heterocycles. The van der Waals surface area contributed by atoms with Gasteiger partial charge < -0.3 is 10.1 Å². The smallest absolute Gasteiger partial charge is 0.168 e. The summed E-state index contributed by atoms with van der Waals surface area (Å²) in [6.45, 7) is 5.44. The summed E-state index contributed by atoms with van der Waals surface area (Å²) in [5.74, 6) is 0.236. The lowest BCUT2D eigenvalue weighted by atomic mass is 9.98. The van der Waals surface area contributed by atoms with E-state index in [9.17, 15) is 4.39 Å². The van der Waals surface area contributed by atoms with E-state index in [4.69, 9.17) is 4.74 Å². The summed E-state index contributed by atoms with van der Waals surface area (Å²) in [6.07, 6.45) is 2.00. The van der Waals surface area contributed by atoms with Gasteiger partial charge in [-0.1, -0.05) is 19.1 Å². The first-order valence-electron chi connectivity index (χ1n) is 5.89. The first-order valence-corrected chi connectivity index (χ1v) is 5.89. The van der Waals surface area contributed by atoms with Gasteiger partial charge >= 0.3 is 0 Å². The van der Waals surface area contributed by atoms with Crippen LogP contribution in [-0.2, 0) is 0 Å². The van der Waals surface area contributed by atoms with Crippen molar-refractivity contribution in [2.45, 2.75) is 32.7 Å². The molecule has 0 radical (unpaired) electrons. The molecule has 88 valence electrons. The zero-order chi connectivity index (χ0) is 11.5. The summed E-state index contributed by atoms with van der Waals surface area (Å²) in [7, 11) is 0. The zero-order valence-corrected chi connectivity index (χ0v) is 9.85. The van der Waals surface area contributed by atoms with Crippen LogP contribution in [-0.4, -0.2) is 13.2 Å². The van der Waals surface area contributed by atoms with Crippen LogP contribution < -0.4 is 10.1 Å². The minimum atomic E-state index is -0.208. The Labute approximate surface area is 95.8 Å². The van der Waals surface area contributed by atoms with E-state index in [-0.39, 0.29) is 11.9 Å². The number of aryl methyl sites for hydroxylation is 1. The van der Waals surface area contributed by atoms with Crippen LogP contribution in [0.1, 0.15) is 36.9 Å². The standard InChI is InChI=1S/C13H18FNO/c1-3-7-15-11-6-8-16-13-10(11)5-4-9(2)12(13)14/h4-5,11,15H,3,6-8H2,1-2H3. The first-order chi connectivity index (χ1) is 7.74. The summed E-state index contributed by atoms with van der Waals surface area (Å²) in [5, 5.41) is 3.43. The summed E-state index contributed by atoms with van der Waals surface area (Å²) < 4.78 is 19.3. The molecular formula is C13H18FNO. The van der Waals surface area contributed by atoms with Crippen molar-refractivity contribution >= 4 is 0 Å². The Kier molecular flexibility index (Phi) is 3.44. The Morgan fingerprint density at radius 2 is 2.31 bits per heavy atom. The van der Waals surface area contributed by atoms with Crippen molar-refractivity contribution in [1.29, 1.82) is 0 Å². The van der Waals surface area contributed by atoms with Gasteiger partial charge in [0, 0.05) is 18.0 Å². The quantitative estimate of drug-likeness (QED) is 0.850. The van der Waals surface area contributed by atoms with Crippen molar-refractivity contribution in [3.63, 3.8) is 0 Å². The van der Waals surface area contributed by atoms with Crippen molar-refractivity contribution in [3.05, 3.63) is 29.1 Å². The third kappa shape index (κ3) is 2.05. The molecular weight excluding hydrogens is 205 g/mol. The average Bonchev–Trinajstić information content (AvgIpc) is 2.31. The number of fused-ring (bicyclic) bond motifs is 1. The lowest BCUT2D eigenvalue weighted by molar-refractivity contribution is 0.240. The number of hydrogen-bond donors (Lipinski definition) is 1. The highest BCUT2D eigenvalue weighted by Gasteiger charge is 2.24. The van der Waals surface area contributed by atoms with E-state index >= 15 is 0 Å². The Balaban J connectivity index is 2.28. The normalized spacial score (nSPS) is 19.1. The second kappa shape index (κ2) is 4.83. The molecule has 1 aromatic rings. The molecule has 16 heavy (non-hydrogen) atoms. The third-order valence-electron chi connectivity index (χ3n) is 2.99. The van der Waals surface area contributed by atoms with Crippen LogP contribution in [0.4, 0.5) is 4.39 Å². The predicted molar refractivity (Wildman–Crippen MR) is 62.3 cm³/mol. The number of hydrogen-bond acceptors (Lipinski definition) is 2. The van der Waals surface area contributed by atoms with Crippen molar-refractivity contribution in [2.24, 2.45) is 0 Å². The van der Waals surface area contributed by atoms with Crippen LogP contribution in [0.2, 0.25) is 0 Å². The SMILES string of the molecule is CCCNC1CCOc2c1ccc(C)c2F. The van der Waals surface area contributed by atoms with E-state index in [1.54, 1.807) is 6.92 Å². The number of rotatable bonds is 3. The minimum Gasteiger partial charge on any atom is -0.490 e. The fourth-order valence-electron chi connectivity index (χ4n) is 2.06. The van der Waals surface area contributed by atoms with Crippen LogP contribution in [0.3, 0.4) is 0 Å². The van der Waals surface area contributed by atoms with Gasteiger partial charge in [-0.15, -0.1) is 0 Å². The summed E-state index contributed by atoms with van der Waals surface area (Å²) in [5.41, 5.74) is 1.61. The molecule has 1 atom stereocenters. The molecule has 0 bridgehead atoms. The lowest BCUT2D eigenvalue weighted by Crippen LogP contribution is -2.28. The highest BCUT2D eigenvalue weighted by molar-refractivity contribution is 5.42. The van der Waals surface area contributed by atoms with E-state index < -0.39 is 0 Å². The second-order valence-electron chi connectivity index (χ2n) is 4.26. The Morgan fingerprint density at radius 1 is 1.50 bits per heavy atom. The molecule has 2 nitrogen and oxygen atoms in total. The van der Waals surface area contributed by atoms with Gasteiger partial charge in [0.15, 0.2) is 11.6 Å². The van der Waals surface area contributed by atoms with E-state index in [0.29, 0.717) is 17.9 Å². The highest BCUT2D eigenvalue weighted by Crippen LogP contribution is 2.35. The van der Waals surface area contributed by atoms with Crippen LogP contribution in [0.15, 0.2) is 12.1 Å². The molecule has 0 spiro atoms. The molecule has 0 fully saturated rings. The summed E-state index contributed by atoms with van der Waals surface area (Å²) in [4.78, 5) is 0. The molecule has 1 heterocycles. The maximum absolute atomic E-state index is 13.8. The Bertz CT molecular complexity index is 378. The first kappa shape index (κ1) is 11.4. The van der Waals surface area contributed by atoms with E-state index in [2.05, 4.69) is 12.2 Å². The molecule has 1 aromatic carbocycles. The second-order valence-corrected chi connectivity index (χ2v) is 4.26. The summed E-state index contributed by atoms with van der Waals surface area (Å²) in [6, 6.07) is 4.03. The highest BCUT2D eigenvalue weighted by atomic mass is 19.1. The molecule has 1 N–H and O–H groups in total. The molecule has 1 aliphatic rings. The van der Waals surface area contributed by atoms with Crippen molar-refractivity contribution in [1.82, 2.24) is 5.32 Å². The molecule has 0 aromatic heterocycles. The monoisotopic (exact) mass is 223 g/mol. The summed E-state index contributed by atoms with van der Waals surface area (Å²) >= 11 is 0. The van der Waals surface area contributed by atoms with Gasteiger partial charge in [-0.25, -0.2) is 4.39 Å². The molecule has 0 aliphatic carbocycles. The molecule has 0 saturated carbocycles. The molecule has 1 aliphatic heterocycles. The fraction of sp³-hybridized carbons (Fsp3) is 0.538. The molecule has 0 amide bonds. The van der Waals surface area contributed by atoms with Crippen molar-refractivity contribution < 1.29 is 9.13 Å². The molecule has 3 heteroatoms. The van der Waals surface area contributed by atoms with Crippen molar-refractivity contribution in [2.75, 3.05) is 13.2 Å². The van der Waals surface area contributed by atoms with Crippen LogP contribution in [0.5, 0.6) is 5.75 Å². The maximum atomic E-state index is 13.8. The minimum absolute atomic E-state index is 0.208. The largest absolute Gasteiger partial charge is 0.490 e. The molecule has 2 rings (SSSR count). The van der Waals surface area contributed by atoms with Gasteiger partial charge in [0.2, 0.25) is 0 Å². The van der Waals surface area contributed by atoms with Gasteiger partial charge in [-0.05, 0) is 25.5 Å². The van der Waals surface area contributed by atoms with Crippen LogP contribution in [0.25, 0.3) is 0 Å². The van der Waals surface area contributed by atoms with Gasteiger partial charge in [0.05, 0.1) is 6.61 Å². The Morgan fingerprint density at radius 3 is 3.06 bits per heavy atom. The zero-order valence-electron chi connectivity index (χ0n) is 9.85. The van der Waals surface area contributed by atoms with Gasteiger partial charge in [-0.3, -0.25) is 0 Å². The van der Waals surface area contributed by atoms with E-state index in [0.717, 1.165) is 24.9 Å². The number of halogens is 1. The van der Waals surface area contributed by atoms with Crippen molar-refractivity contribution in [3.8, 4) is 5.75 Å². The number of benzene rings is 1. The van der Waals surface area contributed by atoms with Gasteiger partial charge in [-0.2, -0.15) is 0 Å². The number of ether oxygens (including phenoxy) is 1. The van der Waals surface area contributed by atoms with Crippen LogP contribution in [0, 0.1) is 12.7 Å². The topological polar surface area (TPSA) is 21.3 Å². The number of nitrogens with one attached hydrogen (secondary N) is 1. The van der Waals surface area contributed by atoms with E-state index in [1.165, 1.54) is 0 Å². The Hall–Kier alpha value is -1.09. The maximum Gasteiger partial charge on any atom is 0.168 e. The van der Waals surface area contributed by atoms with Crippen LogP contribution >= 0.6 is 0 Å². The third-order valence-corrected chi connectivity index (χ3v) is 2.99. The van der Waals surface area contributed by atoms with E-state index in [1.807, 2.05) is 12.1 Å². The van der Waals surface area contributed by atoms with Gasteiger partial charge in [0.1, 0.15) is 0 Å².